The first kappa shape index (κ1) is 19.2. The molecule has 0 saturated carbocycles. The van der Waals surface area contributed by atoms with E-state index in [-0.39, 0.29) is 12.5 Å². The standard InChI is InChI=1S/C23H22N2O3/c1-17-8-6-7-11-20(17)24-15-18-12-13-21(22(14-18)27-2)28-16-23(26)25-19-9-4-3-5-10-19/h3-15H,16H2,1-2H3,(H,25,26). The van der Waals surface area contributed by atoms with Gasteiger partial charge in [-0.15, -0.1) is 0 Å². The molecule has 0 aliphatic rings. The van der Waals surface area contributed by atoms with E-state index in [4.69, 9.17) is 9.47 Å². The van der Waals surface area contributed by atoms with Gasteiger partial charge in [0.2, 0.25) is 0 Å². The lowest BCUT2D eigenvalue weighted by atomic mass is 10.2. The third-order valence-corrected chi connectivity index (χ3v) is 4.07. The van der Waals surface area contributed by atoms with Crippen molar-refractivity contribution in [3.8, 4) is 11.5 Å². The van der Waals surface area contributed by atoms with Gasteiger partial charge in [-0.2, -0.15) is 0 Å². The molecule has 1 amide bonds. The highest BCUT2D eigenvalue weighted by Crippen LogP contribution is 2.28. The number of nitrogens with one attached hydrogen (secondary N) is 1. The third-order valence-electron chi connectivity index (χ3n) is 4.07. The number of aliphatic imine (C=N–C) groups is 1. The molecule has 0 bridgehead atoms. The van der Waals surface area contributed by atoms with E-state index in [0.717, 1.165) is 22.5 Å². The van der Waals surface area contributed by atoms with Crippen LogP contribution < -0.4 is 14.8 Å². The van der Waals surface area contributed by atoms with Crippen LogP contribution in [0, 0.1) is 6.92 Å². The second-order valence-electron chi connectivity index (χ2n) is 6.16. The minimum atomic E-state index is -0.238. The van der Waals surface area contributed by atoms with E-state index >= 15 is 0 Å². The second kappa shape index (κ2) is 9.37. The number of ether oxygens (including phenoxy) is 2. The van der Waals surface area contributed by atoms with Gasteiger partial charge in [-0.25, -0.2) is 0 Å². The highest BCUT2D eigenvalue weighted by Gasteiger charge is 2.09. The number of anilines is 1. The first-order valence-electron chi connectivity index (χ1n) is 8.91. The fourth-order valence-corrected chi connectivity index (χ4v) is 2.60. The molecule has 0 unspecified atom stereocenters. The third kappa shape index (κ3) is 5.20. The van der Waals surface area contributed by atoms with Crippen LogP contribution in [0.15, 0.2) is 77.8 Å². The largest absolute Gasteiger partial charge is 0.493 e. The lowest BCUT2D eigenvalue weighted by Crippen LogP contribution is -2.20. The maximum absolute atomic E-state index is 12.0. The molecule has 0 aromatic heterocycles. The molecule has 3 rings (SSSR count). The monoisotopic (exact) mass is 374 g/mol. The van der Waals surface area contributed by atoms with Gasteiger partial charge in [0.1, 0.15) is 0 Å². The Labute approximate surface area is 164 Å². The Morgan fingerprint density at radius 1 is 1.00 bits per heavy atom. The molecule has 0 aliphatic carbocycles. The summed E-state index contributed by atoms with van der Waals surface area (Å²) in [6.07, 6.45) is 1.77. The summed E-state index contributed by atoms with van der Waals surface area (Å²) in [6, 6.07) is 22.6. The van der Waals surface area contributed by atoms with Crippen LogP contribution in [0.1, 0.15) is 11.1 Å². The van der Waals surface area contributed by atoms with Gasteiger partial charge in [0.25, 0.3) is 5.91 Å². The number of carbonyl (C=O) groups is 1. The molecule has 0 heterocycles. The van der Waals surface area contributed by atoms with E-state index < -0.39 is 0 Å². The summed E-state index contributed by atoms with van der Waals surface area (Å²) in [6.45, 7) is 1.91. The van der Waals surface area contributed by atoms with Crippen molar-refractivity contribution in [3.63, 3.8) is 0 Å². The lowest BCUT2D eigenvalue weighted by Gasteiger charge is -2.11. The predicted octanol–water partition coefficient (Wildman–Crippen LogP) is 4.77. The van der Waals surface area contributed by atoms with E-state index in [1.54, 1.807) is 19.4 Å². The van der Waals surface area contributed by atoms with Crippen molar-refractivity contribution < 1.29 is 14.3 Å². The van der Waals surface area contributed by atoms with Gasteiger partial charge in [0.15, 0.2) is 18.1 Å². The molecule has 0 atom stereocenters. The Balaban J connectivity index is 1.64. The van der Waals surface area contributed by atoms with Gasteiger partial charge >= 0.3 is 0 Å². The van der Waals surface area contributed by atoms with Crippen LogP contribution in [0.5, 0.6) is 11.5 Å². The summed E-state index contributed by atoms with van der Waals surface area (Å²) < 4.78 is 11.0. The number of carbonyl (C=O) groups excluding carboxylic acids is 1. The minimum Gasteiger partial charge on any atom is -0.493 e. The van der Waals surface area contributed by atoms with Crippen LogP contribution in [0.4, 0.5) is 11.4 Å². The van der Waals surface area contributed by atoms with Gasteiger partial charge in [0, 0.05) is 11.9 Å². The average molecular weight is 374 g/mol. The van der Waals surface area contributed by atoms with E-state index in [1.165, 1.54) is 0 Å². The van der Waals surface area contributed by atoms with Crippen LogP contribution in [0.2, 0.25) is 0 Å². The highest BCUT2D eigenvalue weighted by atomic mass is 16.5. The summed E-state index contributed by atoms with van der Waals surface area (Å²) in [5.74, 6) is 0.804. The normalized spacial score (nSPS) is 10.6. The Kier molecular flexibility index (Phi) is 6.41. The molecule has 0 radical (unpaired) electrons. The smallest absolute Gasteiger partial charge is 0.262 e. The predicted molar refractivity (Wildman–Crippen MR) is 112 cm³/mol. The molecular formula is C23H22N2O3. The molecule has 5 nitrogen and oxygen atoms in total. The fourth-order valence-electron chi connectivity index (χ4n) is 2.60. The van der Waals surface area contributed by atoms with E-state index in [0.29, 0.717) is 11.5 Å². The number of rotatable bonds is 7. The molecule has 1 N–H and O–H groups in total. The van der Waals surface area contributed by atoms with E-state index in [2.05, 4.69) is 10.3 Å². The van der Waals surface area contributed by atoms with Gasteiger partial charge in [0.05, 0.1) is 12.8 Å². The molecule has 0 fully saturated rings. The van der Waals surface area contributed by atoms with Crippen LogP contribution in [0.25, 0.3) is 0 Å². The summed E-state index contributed by atoms with van der Waals surface area (Å²) in [5, 5.41) is 2.78. The second-order valence-corrected chi connectivity index (χ2v) is 6.16. The maximum Gasteiger partial charge on any atom is 0.262 e. The van der Waals surface area contributed by atoms with E-state index in [1.807, 2.05) is 73.7 Å². The van der Waals surface area contributed by atoms with E-state index in [9.17, 15) is 4.79 Å². The molecule has 3 aromatic rings. The number of methoxy groups -OCH3 is 1. The Morgan fingerprint density at radius 2 is 1.75 bits per heavy atom. The molecule has 3 aromatic carbocycles. The lowest BCUT2D eigenvalue weighted by molar-refractivity contribution is -0.118. The molecule has 5 heteroatoms. The molecular weight excluding hydrogens is 352 g/mol. The number of nitrogens with zero attached hydrogens (tertiary/aromatic N) is 1. The van der Waals surface area contributed by atoms with Crippen LogP contribution in [-0.4, -0.2) is 25.8 Å². The molecule has 0 aliphatic heterocycles. The average Bonchev–Trinajstić information content (AvgIpc) is 2.72. The van der Waals surface area contributed by atoms with Crippen molar-refractivity contribution in [1.29, 1.82) is 0 Å². The van der Waals surface area contributed by atoms with Gasteiger partial charge < -0.3 is 14.8 Å². The van der Waals surface area contributed by atoms with Crippen LogP contribution in [-0.2, 0) is 4.79 Å². The quantitative estimate of drug-likeness (QED) is 0.606. The molecule has 28 heavy (non-hydrogen) atoms. The van der Waals surface area contributed by atoms with Crippen LogP contribution in [0.3, 0.4) is 0 Å². The Morgan fingerprint density at radius 3 is 2.50 bits per heavy atom. The minimum absolute atomic E-state index is 0.109. The zero-order chi connectivity index (χ0) is 19.8. The zero-order valence-corrected chi connectivity index (χ0v) is 15.9. The topological polar surface area (TPSA) is 59.9 Å². The Hall–Kier alpha value is -3.60. The van der Waals surface area contributed by atoms with Crippen molar-refractivity contribution in [3.05, 3.63) is 83.9 Å². The van der Waals surface area contributed by atoms with Gasteiger partial charge in [-0.3, -0.25) is 9.79 Å². The zero-order valence-electron chi connectivity index (χ0n) is 15.9. The summed E-state index contributed by atoms with van der Waals surface area (Å²) in [5.41, 5.74) is 3.63. The maximum atomic E-state index is 12.0. The molecule has 0 spiro atoms. The van der Waals surface area contributed by atoms with Gasteiger partial charge in [-0.1, -0.05) is 36.4 Å². The number of hydrogen-bond acceptors (Lipinski definition) is 4. The fraction of sp³-hybridized carbons (Fsp3) is 0.130. The van der Waals surface area contributed by atoms with Crippen molar-refractivity contribution in [2.75, 3.05) is 19.0 Å². The van der Waals surface area contributed by atoms with Gasteiger partial charge in [-0.05, 0) is 54.4 Å². The first-order valence-corrected chi connectivity index (χ1v) is 8.91. The first-order chi connectivity index (χ1) is 13.7. The number of amides is 1. The van der Waals surface area contributed by atoms with Crippen molar-refractivity contribution >= 4 is 23.5 Å². The number of para-hydroxylation sites is 2. The SMILES string of the molecule is COc1cc(C=Nc2ccccc2C)ccc1OCC(=O)Nc1ccccc1. The van der Waals surface area contributed by atoms with Crippen molar-refractivity contribution in [2.24, 2.45) is 4.99 Å². The Bertz CT molecular complexity index is 969. The molecule has 142 valence electrons. The number of benzene rings is 3. The number of hydrogen-bond donors (Lipinski definition) is 1. The van der Waals surface area contributed by atoms with Crippen molar-refractivity contribution in [2.45, 2.75) is 6.92 Å². The summed E-state index contributed by atoms with van der Waals surface area (Å²) >= 11 is 0. The molecule has 0 saturated heterocycles. The van der Waals surface area contributed by atoms with Crippen molar-refractivity contribution in [1.82, 2.24) is 0 Å². The summed E-state index contributed by atoms with van der Waals surface area (Å²) in [4.78, 5) is 16.6. The van der Waals surface area contributed by atoms with Crippen LogP contribution >= 0.6 is 0 Å². The highest BCUT2D eigenvalue weighted by molar-refractivity contribution is 5.91. The summed E-state index contributed by atoms with van der Waals surface area (Å²) in [7, 11) is 1.56. The number of aryl methyl sites for hydroxylation is 1.